The Hall–Kier alpha value is -3.97. The lowest BCUT2D eigenvalue weighted by atomic mass is 9.84. The van der Waals surface area contributed by atoms with Crippen LogP contribution < -0.4 is 16.8 Å². The molecule has 1 aromatic heterocycles. The fourth-order valence-electron chi connectivity index (χ4n) is 4.37. The van der Waals surface area contributed by atoms with E-state index < -0.39 is 11.4 Å². The molecule has 0 atom stereocenters. The van der Waals surface area contributed by atoms with E-state index in [1.807, 2.05) is 19.3 Å². The van der Waals surface area contributed by atoms with Crippen molar-refractivity contribution in [2.75, 3.05) is 13.1 Å². The summed E-state index contributed by atoms with van der Waals surface area (Å²) in [6.45, 7) is 2.36. The Morgan fingerprint density at radius 2 is 1.92 bits per heavy atom. The number of primary amides is 1. The number of likely N-dealkylation sites (tertiary alicyclic amines) is 1. The number of hydrogen-bond acceptors (Lipinski definition) is 6. The van der Waals surface area contributed by atoms with Gasteiger partial charge < -0.3 is 16.8 Å². The van der Waals surface area contributed by atoms with Crippen LogP contribution in [0.5, 0.6) is 0 Å². The summed E-state index contributed by atoms with van der Waals surface area (Å²) in [4.78, 5) is 30.1. The van der Waals surface area contributed by atoms with Gasteiger partial charge in [-0.05, 0) is 37.3 Å². The van der Waals surface area contributed by atoms with Gasteiger partial charge in [0.1, 0.15) is 5.84 Å². The zero-order valence-corrected chi connectivity index (χ0v) is 20.5. The third-order valence-electron chi connectivity index (χ3n) is 6.82. The van der Waals surface area contributed by atoms with Crippen LogP contribution in [0.1, 0.15) is 37.7 Å². The maximum absolute atomic E-state index is 12.0. The highest BCUT2D eigenvalue weighted by Crippen LogP contribution is 2.30. The summed E-state index contributed by atoms with van der Waals surface area (Å²) in [5.74, 6) is -1.39. The number of hydrogen-bond donors (Lipinski definition) is 3. The van der Waals surface area contributed by atoms with E-state index >= 15 is 0 Å². The van der Waals surface area contributed by atoms with Crippen molar-refractivity contribution < 1.29 is 9.59 Å². The van der Waals surface area contributed by atoms with Gasteiger partial charge in [0.15, 0.2) is 0 Å². The molecule has 0 unspecified atom stereocenters. The second-order valence-electron chi connectivity index (χ2n) is 9.64. The van der Waals surface area contributed by atoms with Crippen LogP contribution in [0, 0.1) is 17.2 Å². The van der Waals surface area contributed by atoms with E-state index in [0.29, 0.717) is 12.8 Å². The maximum Gasteiger partial charge on any atom is 0.253 e. The highest BCUT2D eigenvalue weighted by atomic mass is 16.2. The number of aryl methyl sites for hydroxylation is 1. The normalized spacial score (nSPS) is 18.4. The molecule has 0 spiro atoms. The van der Waals surface area contributed by atoms with Crippen molar-refractivity contribution in [1.29, 1.82) is 5.26 Å². The molecule has 1 aromatic carbocycles. The number of nitrogens with zero attached hydrogens (tertiary/aromatic N) is 5. The molecule has 2 aromatic rings. The Morgan fingerprint density at radius 1 is 1.22 bits per heavy atom. The SMILES string of the molecule is Cn1ccc(-c2ccc(CN3CCC(CC#N)(N/C=C(/C(N)=O)C(N)=NC(=O)C4CC4)CC3)cc2)n1. The zero-order chi connectivity index (χ0) is 25.7. The fraction of sp³-hybridized carbons (Fsp3) is 0.423. The quantitative estimate of drug-likeness (QED) is 0.275. The molecule has 1 saturated heterocycles. The smallest absolute Gasteiger partial charge is 0.253 e. The van der Waals surface area contributed by atoms with Crippen LogP contribution in [-0.4, -0.2) is 51.0 Å². The number of piperidine rings is 1. The van der Waals surface area contributed by atoms with Gasteiger partial charge in [-0.15, -0.1) is 0 Å². The number of rotatable bonds is 9. The first-order valence-electron chi connectivity index (χ1n) is 12.1. The zero-order valence-electron chi connectivity index (χ0n) is 20.5. The molecule has 1 saturated carbocycles. The van der Waals surface area contributed by atoms with Crippen molar-refractivity contribution in [2.24, 2.45) is 29.4 Å². The summed E-state index contributed by atoms with van der Waals surface area (Å²) in [6, 6.07) is 12.6. The molecule has 0 radical (unpaired) electrons. The van der Waals surface area contributed by atoms with E-state index in [2.05, 4.69) is 50.6 Å². The second kappa shape index (κ2) is 10.7. The fourth-order valence-corrected chi connectivity index (χ4v) is 4.37. The minimum Gasteiger partial charge on any atom is -0.384 e. The van der Waals surface area contributed by atoms with E-state index in [-0.39, 0.29) is 29.7 Å². The van der Waals surface area contributed by atoms with E-state index in [1.54, 1.807) is 4.68 Å². The van der Waals surface area contributed by atoms with Gasteiger partial charge >= 0.3 is 0 Å². The van der Waals surface area contributed by atoms with Crippen LogP contribution in [0.3, 0.4) is 0 Å². The van der Waals surface area contributed by atoms with Crippen LogP contribution in [0.2, 0.25) is 0 Å². The number of benzene rings is 1. The Kier molecular flexibility index (Phi) is 7.50. The van der Waals surface area contributed by atoms with Crippen molar-refractivity contribution in [3.8, 4) is 17.3 Å². The van der Waals surface area contributed by atoms with Crippen LogP contribution >= 0.6 is 0 Å². The van der Waals surface area contributed by atoms with Gasteiger partial charge in [0.25, 0.3) is 11.8 Å². The van der Waals surface area contributed by atoms with Gasteiger partial charge in [0.2, 0.25) is 0 Å². The Labute approximate surface area is 210 Å². The Balaban J connectivity index is 1.38. The van der Waals surface area contributed by atoms with Crippen LogP contribution in [-0.2, 0) is 23.2 Å². The number of amidine groups is 1. The van der Waals surface area contributed by atoms with E-state index in [0.717, 1.165) is 43.7 Å². The van der Waals surface area contributed by atoms with Crippen LogP contribution in [0.25, 0.3) is 11.3 Å². The van der Waals surface area contributed by atoms with Crippen LogP contribution in [0.15, 0.2) is 53.3 Å². The molecule has 10 nitrogen and oxygen atoms in total. The molecular formula is C26H32N8O2. The average Bonchev–Trinajstić information content (AvgIpc) is 3.62. The van der Waals surface area contributed by atoms with Crippen molar-refractivity contribution in [3.63, 3.8) is 0 Å². The Bertz CT molecular complexity index is 1210. The number of nitrogens with one attached hydrogen (secondary N) is 1. The first-order valence-corrected chi connectivity index (χ1v) is 12.1. The highest BCUT2D eigenvalue weighted by molar-refractivity contribution is 6.21. The minimum absolute atomic E-state index is 0.0447. The number of carbonyl (C=O) groups is 2. The van der Waals surface area contributed by atoms with Gasteiger partial charge in [-0.25, -0.2) is 0 Å². The topological polar surface area (TPSA) is 155 Å². The maximum atomic E-state index is 12.0. The van der Waals surface area contributed by atoms with E-state index in [1.165, 1.54) is 11.8 Å². The number of amides is 2. The lowest BCUT2D eigenvalue weighted by molar-refractivity contribution is -0.118. The molecule has 2 heterocycles. The van der Waals surface area contributed by atoms with E-state index in [4.69, 9.17) is 11.5 Å². The molecule has 188 valence electrons. The molecule has 2 aliphatic rings. The summed E-state index contributed by atoms with van der Waals surface area (Å²) < 4.78 is 1.79. The minimum atomic E-state index is -0.772. The largest absolute Gasteiger partial charge is 0.384 e. The summed E-state index contributed by atoms with van der Waals surface area (Å²) in [7, 11) is 1.90. The molecule has 1 aliphatic heterocycles. The van der Waals surface area contributed by atoms with Gasteiger partial charge in [-0.1, -0.05) is 24.3 Å². The molecule has 10 heteroatoms. The molecule has 0 bridgehead atoms. The molecule has 4 rings (SSSR count). The van der Waals surface area contributed by atoms with Gasteiger partial charge in [0, 0.05) is 50.6 Å². The van der Waals surface area contributed by atoms with Crippen molar-refractivity contribution in [1.82, 2.24) is 20.0 Å². The van der Waals surface area contributed by atoms with Crippen LogP contribution in [0.4, 0.5) is 0 Å². The third kappa shape index (κ3) is 6.17. The van der Waals surface area contributed by atoms with Gasteiger partial charge in [-0.2, -0.15) is 15.4 Å². The van der Waals surface area contributed by atoms with Gasteiger partial charge in [-0.3, -0.25) is 19.2 Å². The predicted octanol–water partition coefficient (Wildman–Crippen LogP) is 1.59. The highest BCUT2D eigenvalue weighted by Gasteiger charge is 2.34. The molecule has 5 N–H and O–H groups in total. The third-order valence-corrected chi connectivity index (χ3v) is 6.82. The number of aliphatic imine (C=N–C) groups is 1. The standard InChI is InChI=1S/C26H32N8O2/c1-33-13-8-22(32-33)19-4-2-18(3-5-19)17-34-14-10-26(9-12-27,11-15-34)30-16-21(24(29)35)23(28)31-25(36)20-6-7-20/h2-5,8,13,16,20,30H,6-7,9-11,14-15,17H2,1H3,(H2,29,35)(H2,28,31,36)/b21-16+. The lowest BCUT2D eigenvalue weighted by Gasteiger charge is -2.41. The van der Waals surface area contributed by atoms with Crippen molar-refractivity contribution in [2.45, 2.75) is 44.2 Å². The average molecular weight is 489 g/mol. The first kappa shape index (κ1) is 25.1. The molecule has 2 fully saturated rings. The molecule has 36 heavy (non-hydrogen) atoms. The number of nitrogens with two attached hydrogens (primary N) is 2. The summed E-state index contributed by atoms with van der Waals surface area (Å²) in [5, 5.41) is 17.1. The molecule has 2 amide bonds. The molecule has 1 aliphatic carbocycles. The second-order valence-corrected chi connectivity index (χ2v) is 9.64. The van der Waals surface area contributed by atoms with Crippen molar-refractivity contribution >= 4 is 17.6 Å². The van der Waals surface area contributed by atoms with E-state index in [9.17, 15) is 14.9 Å². The number of aromatic nitrogens is 2. The lowest BCUT2D eigenvalue weighted by Crippen LogP contribution is -2.51. The predicted molar refractivity (Wildman–Crippen MR) is 136 cm³/mol. The number of nitriles is 1. The summed E-state index contributed by atoms with van der Waals surface area (Å²) in [5.41, 5.74) is 14.1. The number of carbonyl (C=O) groups excluding carboxylic acids is 2. The summed E-state index contributed by atoms with van der Waals surface area (Å²) >= 11 is 0. The van der Waals surface area contributed by atoms with Gasteiger partial charge in [0.05, 0.1) is 29.3 Å². The first-order chi connectivity index (χ1) is 17.3. The van der Waals surface area contributed by atoms with Crippen molar-refractivity contribution in [3.05, 3.63) is 53.9 Å². The summed E-state index contributed by atoms with van der Waals surface area (Å²) in [6.07, 6.45) is 6.60. The monoisotopic (exact) mass is 488 g/mol. The molecular weight excluding hydrogens is 456 g/mol. The Morgan fingerprint density at radius 3 is 2.47 bits per heavy atom.